The van der Waals surface area contributed by atoms with Crippen molar-refractivity contribution in [2.45, 2.75) is 33.9 Å². The average molecular weight is 360 g/mol. The van der Waals surface area contributed by atoms with Crippen molar-refractivity contribution in [3.05, 3.63) is 69.3 Å². The molecule has 0 aliphatic heterocycles. The number of ether oxygens (including phenoxy) is 1. The minimum atomic E-state index is -0.529. The summed E-state index contributed by atoms with van der Waals surface area (Å²) in [7, 11) is 0. The van der Waals surface area contributed by atoms with E-state index < -0.39 is 5.97 Å². The minimum Gasteiger partial charge on any atom is -0.455 e. The Morgan fingerprint density at radius 1 is 1.24 bits per heavy atom. The van der Waals surface area contributed by atoms with Gasteiger partial charge in [0.1, 0.15) is 28.8 Å². The molecule has 2 aromatic heterocycles. The Kier molecular flexibility index (Phi) is 4.90. The molecule has 0 saturated heterocycles. The van der Waals surface area contributed by atoms with Gasteiger partial charge in [-0.15, -0.1) is 0 Å². The number of nitrogens with zero attached hydrogens (tertiary/aromatic N) is 3. The number of esters is 1. The van der Waals surface area contributed by atoms with Crippen molar-refractivity contribution >= 4 is 17.6 Å². The molecule has 6 nitrogen and oxygen atoms in total. The molecule has 0 unspecified atom stereocenters. The van der Waals surface area contributed by atoms with Crippen LogP contribution in [-0.2, 0) is 17.9 Å². The first-order valence-electron chi connectivity index (χ1n) is 7.82. The summed E-state index contributed by atoms with van der Waals surface area (Å²) in [6.45, 7) is 6.03. The molecule has 3 aromatic rings. The standard InChI is InChI=1S/C18H18ClN3O3/c1-11-4-6-14(7-5-11)9-22-17(19)16(13(3)20-22)18(23)24-10-15-8-12(2)25-21-15/h4-8H,9-10H2,1-3H3. The van der Waals surface area contributed by atoms with Gasteiger partial charge in [0.15, 0.2) is 0 Å². The zero-order chi connectivity index (χ0) is 18.0. The number of benzene rings is 1. The van der Waals surface area contributed by atoms with Gasteiger partial charge in [-0.05, 0) is 26.3 Å². The third-order valence-corrected chi connectivity index (χ3v) is 4.13. The van der Waals surface area contributed by atoms with Crippen LogP contribution in [0.5, 0.6) is 0 Å². The topological polar surface area (TPSA) is 70.2 Å². The van der Waals surface area contributed by atoms with Gasteiger partial charge in [0.25, 0.3) is 0 Å². The molecule has 0 aliphatic carbocycles. The lowest BCUT2D eigenvalue weighted by molar-refractivity contribution is 0.0463. The summed E-state index contributed by atoms with van der Waals surface area (Å²) < 4.78 is 11.8. The van der Waals surface area contributed by atoms with Gasteiger partial charge < -0.3 is 9.26 Å². The van der Waals surface area contributed by atoms with Crippen molar-refractivity contribution in [1.82, 2.24) is 14.9 Å². The summed E-state index contributed by atoms with van der Waals surface area (Å²) in [4.78, 5) is 12.4. The Labute approximate surface area is 150 Å². The van der Waals surface area contributed by atoms with Crippen molar-refractivity contribution in [1.29, 1.82) is 0 Å². The molecular formula is C18H18ClN3O3. The highest BCUT2D eigenvalue weighted by Gasteiger charge is 2.22. The van der Waals surface area contributed by atoms with E-state index in [1.54, 1.807) is 24.6 Å². The maximum absolute atomic E-state index is 12.4. The monoisotopic (exact) mass is 359 g/mol. The highest BCUT2D eigenvalue weighted by Crippen LogP contribution is 2.22. The van der Waals surface area contributed by atoms with E-state index in [1.165, 1.54) is 5.56 Å². The van der Waals surface area contributed by atoms with Gasteiger partial charge >= 0.3 is 5.97 Å². The van der Waals surface area contributed by atoms with E-state index in [0.717, 1.165) is 5.56 Å². The third-order valence-electron chi connectivity index (χ3n) is 3.75. The van der Waals surface area contributed by atoms with Gasteiger partial charge in [-0.2, -0.15) is 5.10 Å². The second-order valence-electron chi connectivity index (χ2n) is 5.90. The van der Waals surface area contributed by atoms with E-state index in [9.17, 15) is 4.79 Å². The number of carbonyl (C=O) groups is 1. The first kappa shape index (κ1) is 17.2. The van der Waals surface area contributed by atoms with Crippen LogP contribution >= 0.6 is 11.6 Å². The molecule has 0 saturated carbocycles. The van der Waals surface area contributed by atoms with E-state index in [4.69, 9.17) is 20.9 Å². The molecule has 0 spiro atoms. The van der Waals surface area contributed by atoms with E-state index in [0.29, 0.717) is 23.7 Å². The minimum absolute atomic E-state index is 0.0229. The molecular weight excluding hydrogens is 342 g/mol. The second kappa shape index (κ2) is 7.11. The summed E-state index contributed by atoms with van der Waals surface area (Å²) in [5, 5.41) is 8.41. The molecule has 25 heavy (non-hydrogen) atoms. The molecule has 0 bridgehead atoms. The molecule has 0 fully saturated rings. The van der Waals surface area contributed by atoms with Gasteiger partial charge in [0.05, 0.1) is 12.2 Å². The van der Waals surface area contributed by atoms with Crippen molar-refractivity contribution in [3.8, 4) is 0 Å². The van der Waals surface area contributed by atoms with Crippen LogP contribution in [-0.4, -0.2) is 20.9 Å². The fourth-order valence-electron chi connectivity index (χ4n) is 2.45. The van der Waals surface area contributed by atoms with Crippen molar-refractivity contribution in [2.24, 2.45) is 0 Å². The molecule has 1 aromatic carbocycles. The zero-order valence-corrected chi connectivity index (χ0v) is 15.0. The van der Waals surface area contributed by atoms with Gasteiger partial charge in [0.2, 0.25) is 0 Å². The number of rotatable bonds is 5. The third kappa shape index (κ3) is 3.91. The number of aryl methyl sites for hydroxylation is 3. The maximum Gasteiger partial charge on any atom is 0.343 e. The summed E-state index contributed by atoms with van der Waals surface area (Å²) >= 11 is 6.36. The summed E-state index contributed by atoms with van der Waals surface area (Å²) in [6, 6.07) is 9.77. The largest absolute Gasteiger partial charge is 0.455 e. The number of halogens is 1. The van der Waals surface area contributed by atoms with E-state index in [1.807, 2.05) is 31.2 Å². The van der Waals surface area contributed by atoms with Crippen molar-refractivity contribution in [2.75, 3.05) is 0 Å². The van der Waals surface area contributed by atoms with E-state index >= 15 is 0 Å². The summed E-state index contributed by atoms with van der Waals surface area (Å²) in [6.07, 6.45) is 0. The van der Waals surface area contributed by atoms with Crippen molar-refractivity contribution in [3.63, 3.8) is 0 Å². The molecule has 0 atom stereocenters. The molecule has 0 aliphatic rings. The smallest absolute Gasteiger partial charge is 0.343 e. The molecule has 130 valence electrons. The van der Waals surface area contributed by atoms with Gasteiger partial charge in [-0.1, -0.05) is 46.6 Å². The predicted octanol–water partition coefficient (Wildman–Crippen LogP) is 3.86. The normalized spacial score (nSPS) is 10.9. The van der Waals surface area contributed by atoms with Gasteiger partial charge in [-0.3, -0.25) is 0 Å². The Morgan fingerprint density at radius 3 is 2.60 bits per heavy atom. The highest BCUT2D eigenvalue weighted by molar-refractivity contribution is 6.32. The number of hydrogen-bond donors (Lipinski definition) is 0. The van der Waals surface area contributed by atoms with Gasteiger partial charge in [-0.25, -0.2) is 9.48 Å². The van der Waals surface area contributed by atoms with Crippen LogP contribution in [0, 0.1) is 20.8 Å². The van der Waals surface area contributed by atoms with E-state index in [-0.39, 0.29) is 17.3 Å². The summed E-state index contributed by atoms with van der Waals surface area (Å²) in [5.74, 6) is 0.129. The van der Waals surface area contributed by atoms with Crippen LogP contribution < -0.4 is 0 Å². The lowest BCUT2D eigenvalue weighted by Crippen LogP contribution is -2.07. The highest BCUT2D eigenvalue weighted by atomic mass is 35.5. The van der Waals surface area contributed by atoms with Crippen molar-refractivity contribution < 1.29 is 14.1 Å². The Balaban J connectivity index is 1.74. The molecule has 0 N–H and O–H groups in total. The van der Waals surface area contributed by atoms with Crippen LogP contribution in [0.25, 0.3) is 0 Å². The first-order valence-corrected chi connectivity index (χ1v) is 8.19. The Morgan fingerprint density at radius 2 is 1.96 bits per heavy atom. The van der Waals surface area contributed by atoms with Crippen LogP contribution in [0.4, 0.5) is 0 Å². The molecule has 2 heterocycles. The quantitative estimate of drug-likeness (QED) is 0.647. The Hall–Kier alpha value is -2.60. The van der Waals surface area contributed by atoms with Crippen LogP contribution in [0.1, 0.15) is 38.6 Å². The van der Waals surface area contributed by atoms with Gasteiger partial charge in [0, 0.05) is 6.07 Å². The molecule has 3 rings (SSSR count). The molecule has 0 radical (unpaired) electrons. The average Bonchev–Trinajstić information content (AvgIpc) is 3.11. The van der Waals surface area contributed by atoms with Crippen LogP contribution in [0.15, 0.2) is 34.9 Å². The fraction of sp³-hybridized carbons (Fsp3) is 0.278. The number of aromatic nitrogens is 3. The number of carbonyl (C=O) groups excluding carboxylic acids is 1. The number of hydrogen-bond acceptors (Lipinski definition) is 5. The first-order chi connectivity index (χ1) is 11.9. The molecule has 7 heteroatoms. The SMILES string of the molecule is Cc1ccc(Cn2nc(C)c(C(=O)OCc3cc(C)on3)c2Cl)cc1. The summed E-state index contributed by atoms with van der Waals surface area (Å²) in [5.41, 5.74) is 3.57. The van der Waals surface area contributed by atoms with E-state index in [2.05, 4.69) is 10.3 Å². The van der Waals surface area contributed by atoms with Crippen LogP contribution in [0.3, 0.4) is 0 Å². The Bertz CT molecular complexity index is 897. The predicted molar refractivity (Wildman–Crippen MR) is 92.6 cm³/mol. The molecule has 0 amide bonds. The second-order valence-corrected chi connectivity index (χ2v) is 6.26. The van der Waals surface area contributed by atoms with Crippen LogP contribution in [0.2, 0.25) is 5.15 Å². The maximum atomic E-state index is 12.4. The fourth-order valence-corrected chi connectivity index (χ4v) is 2.77. The zero-order valence-electron chi connectivity index (χ0n) is 14.2. The lowest BCUT2D eigenvalue weighted by atomic mass is 10.1. The lowest BCUT2D eigenvalue weighted by Gasteiger charge is -2.05.